The molecule has 130 valence electrons. The average molecular weight is 345 g/mol. The van der Waals surface area contributed by atoms with Crippen molar-refractivity contribution in [2.75, 3.05) is 13.6 Å². The summed E-state index contributed by atoms with van der Waals surface area (Å²) in [4.78, 5) is 1.36. The monoisotopic (exact) mass is 345 g/mol. The van der Waals surface area contributed by atoms with E-state index in [1.54, 1.807) is 13.1 Å². The standard InChI is InChI=1S/C14H23N3O5S/c1-3-4-5-8-13(18,19)22-12-11(15-23-16-12)10-7-6-9-17(2)14(10,20)21/h7,18-21H,3-6,8-9H2,1-2H3. The van der Waals surface area contributed by atoms with E-state index in [4.69, 9.17) is 4.74 Å². The minimum atomic E-state index is -2.37. The van der Waals surface area contributed by atoms with Gasteiger partial charge in [-0.15, -0.1) is 4.37 Å². The minimum absolute atomic E-state index is 0.0279. The Balaban J connectivity index is 2.18. The Morgan fingerprint density at radius 3 is 2.78 bits per heavy atom. The summed E-state index contributed by atoms with van der Waals surface area (Å²) >= 11 is 0.802. The maximum atomic E-state index is 10.2. The van der Waals surface area contributed by atoms with Crippen molar-refractivity contribution in [2.24, 2.45) is 0 Å². The molecule has 4 N–H and O–H groups in total. The first-order valence-corrected chi connectivity index (χ1v) is 8.34. The van der Waals surface area contributed by atoms with Crippen LogP contribution in [0.2, 0.25) is 0 Å². The number of hydrogen-bond acceptors (Lipinski definition) is 9. The normalized spacial score (nSPS) is 18.8. The first-order chi connectivity index (χ1) is 10.8. The van der Waals surface area contributed by atoms with Crippen LogP contribution in [0.4, 0.5) is 0 Å². The van der Waals surface area contributed by atoms with Gasteiger partial charge >= 0.3 is 5.97 Å². The zero-order chi connectivity index (χ0) is 17.1. The van der Waals surface area contributed by atoms with Gasteiger partial charge < -0.3 is 25.2 Å². The number of unbranched alkanes of at least 4 members (excludes halogenated alkanes) is 2. The molecule has 0 saturated heterocycles. The Morgan fingerprint density at radius 1 is 1.35 bits per heavy atom. The SMILES string of the molecule is CCCCCC(O)(O)Oc1nsnc1C1=CCCN(C)C1(O)O. The number of likely N-dealkylation sites (N-methyl/N-ethyl adjacent to an activating group) is 1. The molecule has 0 aromatic carbocycles. The van der Waals surface area contributed by atoms with Crippen molar-refractivity contribution in [1.29, 1.82) is 0 Å². The second kappa shape index (κ2) is 7.20. The van der Waals surface area contributed by atoms with Gasteiger partial charge in [0.1, 0.15) is 0 Å². The Hall–Kier alpha value is -1.10. The lowest BCUT2D eigenvalue weighted by Gasteiger charge is -2.36. The smallest absolute Gasteiger partial charge is 0.323 e. The molecule has 0 atom stereocenters. The van der Waals surface area contributed by atoms with Crippen LogP contribution < -0.4 is 4.74 Å². The Bertz CT molecular complexity index is 558. The zero-order valence-corrected chi connectivity index (χ0v) is 14.1. The molecular formula is C14H23N3O5S. The summed E-state index contributed by atoms with van der Waals surface area (Å²) in [5, 5.41) is 40.3. The second-order valence-electron chi connectivity index (χ2n) is 5.68. The van der Waals surface area contributed by atoms with Crippen molar-refractivity contribution in [3.63, 3.8) is 0 Å². The summed E-state index contributed by atoms with van der Waals surface area (Å²) < 4.78 is 13.1. The van der Waals surface area contributed by atoms with Gasteiger partial charge in [0.25, 0.3) is 11.8 Å². The average Bonchev–Trinajstić information content (AvgIpc) is 2.89. The van der Waals surface area contributed by atoms with E-state index < -0.39 is 11.9 Å². The van der Waals surface area contributed by atoms with Crippen molar-refractivity contribution in [3.8, 4) is 5.88 Å². The van der Waals surface area contributed by atoms with E-state index in [2.05, 4.69) is 8.75 Å². The van der Waals surface area contributed by atoms with Crippen LogP contribution in [0.1, 0.15) is 44.7 Å². The van der Waals surface area contributed by atoms with Crippen molar-refractivity contribution in [1.82, 2.24) is 13.6 Å². The second-order valence-corrected chi connectivity index (χ2v) is 6.21. The predicted octanol–water partition coefficient (Wildman–Crippen LogP) is 0.493. The fourth-order valence-electron chi connectivity index (χ4n) is 2.38. The van der Waals surface area contributed by atoms with Crippen LogP contribution in [-0.2, 0) is 0 Å². The van der Waals surface area contributed by atoms with Gasteiger partial charge in [-0.1, -0.05) is 25.8 Å². The summed E-state index contributed by atoms with van der Waals surface area (Å²) in [6.45, 7) is 2.49. The highest BCUT2D eigenvalue weighted by Crippen LogP contribution is 2.36. The van der Waals surface area contributed by atoms with Crippen LogP contribution in [0, 0.1) is 0 Å². The van der Waals surface area contributed by atoms with Crippen LogP contribution >= 0.6 is 11.7 Å². The molecule has 9 heteroatoms. The number of aromatic nitrogens is 2. The summed E-state index contributed by atoms with van der Waals surface area (Å²) in [7, 11) is 1.57. The Kier molecular flexibility index (Phi) is 5.71. The fourth-order valence-corrected chi connectivity index (χ4v) is 2.88. The molecule has 0 amide bonds. The van der Waals surface area contributed by atoms with E-state index in [-0.39, 0.29) is 23.6 Å². The summed E-state index contributed by atoms with van der Waals surface area (Å²) in [5.74, 6) is -4.69. The lowest BCUT2D eigenvalue weighted by atomic mass is 10.0. The van der Waals surface area contributed by atoms with Crippen molar-refractivity contribution >= 4 is 17.3 Å². The molecular weight excluding hydrogens is 322 g/mol. The minimum Gasteiger partial charge on any atom is -0.418 e. The van der Waals surface area contributed by atoms with Gasteiger partial charge in [0, 0.05) is 13.0 Å². The number of ether oxygens (including phenoxy) is 1. The summed E-state index contributed by atoms with van der Waals surface area (Å²) in [6, 6.07) is 0. The molecule has 0 spiro atoms. The van der Waals surface area contributed by atoms with Gasteiger partial charge in [-0.05, 0) is 19.9 Å². The van der Waals surface area contributed by atoms with Crippen molar-refractivity contribution in [3.05, 3.63) is 11.8 Å². The van der Waals surface area contributed by atoms with E-state index in [1.807, 2.05) is 6.92 Å². The Morgan fingerprint density at radius 2 is 2.09 bits per heavy atom. The van der Waals surface area contributed by atoms with Crippen molar-refractivity contribution < 1.29 is 25.2 Å². The highest BCUT2D eigenvalue weighted by molar-refractivity contribution is 6.99. The summed E-state index contributed by atoms with van der Waals surface area (Å²) in [6.07, 6.45) is 4.64. The highest BCUT2D eigenvalue weighted by Gasteiger charge is 2.41. The molecule has 23 heavy (non-hydrogen) atoms. The number of aliphatic hydroxyl groups is 4. The molecule has 0 radical (unpaired) electrons. The number of hydrogen-bond donors (Lipinski definition) is 4. The first-order valence-electron chi connectivity index (χ1n) is 7.61. The van der Waals surface area contributed by atoms with E-state index in [0.717, 1.165) is 24.6 Å². The van der Waals surface area contributed by atoms with Crippen LogP contribution in [0.3, 0.4) is 0 Å². The molecule has 1 aromatic heterocycles. The first kappa shape index (κ1) is 18.2. The van der Waals surface area contributed by atoms with E-state index in [9.17, 15) is 20.4 Å². The maximum Gasteiger partial charge on any atom is 0.323 e. The molecule has 0 unspecified atom stereocenters. The third kappa shape index (κ3) is 4.25. The molecule has 0 saturated carbocycles. The van der Waals surface area contributed by atoms with Gasteiger partial charge in [-0.3, -0.25) is 4.90 Å². The van der Waals surface area contributed by atoms with Crippen LogP contribution in [0.5, 0.6) is 5.88 Å². The van der Waals surface area contributed by atoms with Crippen LogP contribution in [-0.4, -0.2) is 59.5 Å². The molecule has 8 nitrogen and oxygen atoms in total. The van der Waals surface area contributed by atoms with Crippen LogP contribution in [0.25, 0.3) is 5.57 Å². The van der Waals surface area contributed by atoms with Gasteiger partial charge in [0.05, 0.1) is 17.3 Å². The third-order valence-corrected chi connectivity index (χ3v) is 4.30. The molecule has 1 aliphatic rings. The molecule has 2 heterocycles. The summed E-state index contributed by atoms with van der Waals surface area (Å²) in [5.41, 5.74) is 0.230. The third-order valence-electron chi connectivity index (χ3n) is 3.79. The lowest BCUT2D eigenvalue weighted by Crippen LogP contribution is -2.49. The maximum absolute atomic E-state index is 10.2. The molecule has 0 bridgehead atoms. The zero-order valence-electron chi connectivity index (χ0n) is 13.3. The van der Waals surface area contributed by atoms with E-state index in [0.29, 0.717) is 19.4 Å². The molecule has 1 aromatic rings. The van der Waals surface area contributed by atoms with Crippen molar-refractivity contribution in [2.45, 2.75) is 50.9 Å². The number of rotatable bonds is 7. The van der Waals surface area contributed by atoms with Gasteiger partial charge in [0.15, 0.2) is 5.69 Å². The van der Waals surface area contributed by atoms with Crippen LogP contribution in [0.15, 0.2) is 6.08 Å². The topological polar surface area (TPSA) is 119 Å². The quantitative estimate of drug-likeness (QED) is 0.416. The molecule has 0 fully saturated rings. The molecule has 0 aliphatic carbocycles. The Labute approximate surface area is 139 Å². The predicted molar refractivity (Wildman–Crippen MR) is 84.2 cm³/mol. The van der Waals surface area contributed by atoms with Gasteiger partial charge in [-0.2, -0.15) is 4.37 Å². The van der Waals surface area contributed by atoms with Gasteiger partial charge in [0.2, 0.25) is 0 Å². The molecule has 1 aliphatic heterocycles. The van der Waals surface area contributed by atoms with E-state index >= 15 is 0 Å². The number of nitrogens with zero attached hydrogens (tertiary/aromatic N) is 3. The lowest BCUT2D eigenvalue weighted by molar-refractivity contribution is -0.297. The van der Waals surface area contributed by atoms with E-state index in [1.165, 1.54) is 4.90 Å². The highest BCUT2D eigenvalue weighted by atomic mass is 32.1. The molecule has 2 rings (SSSR count). The largest absolute Gasteiger partial charge is 0.418 e. The fraction of sp³-hybridized carbons (Fsp3) is 0.714. The van der Waals surface area contributed by atoms with Gasteiger partial charge in [-0.25, -0.2) is 0 Å².